The first kappa shape index (κ1) is 12.6. The molecule has 0 spiro atoms. The van der Waals surface area contributed by atoms with E-state index in [1.807, 2.05) is 0 Å². The maximum absolute atomic E-state index is 11.7. The van der Waals surface area contributed by atoms with E-state index in [9.17, 15) is 14.9 Å². The van der Waals surface area contributed by atoms with Crippen LogP contribution in [0, 0.1) is 16.0 Å². The lowest BCUT2D eigenvalue weighted by molar-refractivity contribution is -0.402. The van der Waals surface area contributed by atoms with Crippen LogP contribution in [0.25, 0.3) is 0 Å². The summed E-state index contributed by atoms with van der Waals surface area (Å²) in [5.74, 6) is -0.376. The molecule has 2 rings (SSSR count). The summed E-state index contributed by atoms with van der Waals surface area (Å²) in [6.45, 7) is 2.51. The van der Waals surface area contributed by atoms with Crippen LogP contribution < -0.4 is 10.6 Å². The zero-order valence-electron chi connectivity index (χ0n) is 9.85. The lowest BCUT2D eigenvalue weighted by atomic mass is 9.98. The standard InChI is InChI=1S/C11H15N3O4/c15-11(9-1-2-10(18-9)14(16)17)13-7-8-3-5-12-6-4-8/h1-2,8,12H,3-7H2,(H,13,15). The summed E-state index contributed by atoms with van der Waals surface area (Å²) in [6, 6.07) is 2.50. The third-order valence-electron chi connectivity index (χ3n) is 3.01. The van der Waals surface area contributed by atoms with Gasteiger partial charge in [0.2, 0.25) is 0 Å². The van der Waals surface area contributed by atoms with Crippen LogP contribution in [0.3, 0.4) is 0 Å². The van der Waals surface area contributed by atoms with Crippen LogP contribution in [0.5, 0.6) is 0 Å². The fourth-order valence-electron chi connectivity index (χ4n) is 1.96. The maximum Gasteiger partial charge on any atom is 0.433 e. The Morgan fingerprint density at radius 1 is 1.50 bits per heavy atom. The molecule has 1 saturated heterocycles. The van der Waals surface area contributed by atoms with Gasteiger partial charge in [0.25, 0.3) is 5.91 Å². The molecule has 1 aromatic rings. The summed E-state index contributed by atoms with van der Waals surface area (Å²) in [5.41, 5.74) is 0. The summed E-state index contributed by atoms with van der Waals surface area (Å²) in [6.07, 6.45) is 2.05. The number of carbonyl (C=O) groups is 1. The van der Waals surface area contributed by atoms with E-state index in [4.69, 9.17) is 4.42 Å². The number of nitrogens with zero attached hydrogens (tertiary/aromatic N) is 1. The molecule has 0 unspecified atom stereocenters. The first-order valence-electron chi connectivity index (χ1n) is 5.90. The Morgan fingerprint density at radius 3 is 2.83 bits per heavy atom. The number of hydrogen-bond donors (Lipinski definition) is 2. The molecule has 1 fully saturated rings. The highest BCUT2D eigenvalue weighted by Crippen LogP contribution is 2.16. The summed E-state index contributed by atoms with van der Waals surface area (Å²) < 4.78 is 4.82. The molecule has 0 aliphatic carbocycles. The SMILES string of the molecule is O=C(NCC1CCNCC1)c1ccc([N+](=O)[O-])o1. The van der Waals surface area contributed by atoms with Crippen molar-refractivity contribution >= 4 is 11.8 Å². The number of rotatable bonds is 4. The first-order valence-corrected chi connectivity index (χ1v) is 5.90. The summed E-state index contributed by atoms with van der Waals surface area (Å²) in [4.78, 5) is 21.4. The monoisotopic (exact) mass is 253 g/mol. The number of piperidine rings is 1. The molecule has 2 heterocycles. The van der Waals surface area contributed by atoms with Crippen molar-refractivity contribution in [3.63, 3.8) is 0 Å². The minimum Gasteiger partial charge on any atom is -0.395 e. The lowest BCUT2D eigenvalue weighted by Crippen LogP contribution is -2.35. The Kier molecular flexibility index (Phi) is 3.93. The molecule has 1 aliphatic heterocycles. The molecular weight excluding hydrogens is 238 g/mol. The normalized spacial score (nSPS) is 16.4. The minimum atomic E-state index is -0.663. The highest BCUT2D eigenvalue weighted by atomic mass is 16.6. The van der Waals surface area contributed by atoms with E-state index in [1.165, 1.54) is 12.1 Å². The van der Waals surface area contributed by atoms with Crippen molar-refractivity contribution in [3.8, 4) is 0 Å². The van der Waals surface area contributed by atoms with Crippen LogP contribution >= 0.6 is 0 Å². The van der Waals surface area contributed by atoms with Crippen molar-refractivity contribution in [2.75, 3.05) is 19.6 Å². The highest BCUT2D eigenvalue weighted by Gasteiger charge is 2.19. The Balaban J connectivity index is 1.84. The smallest absolute Gasteiger partial charge is 0.395 e. The maximum atomic E-state index is 11.7. The zero-order chi connectivity index (χ0) is 13.0. The molecule has 18 heavy (non-hydrogen) atoms. The minimum absolute atomic E-state index is 0.0179. The van der Waals surface area contributed by atoms with E-state index in [0.29, 0.717) is 12.5 Å². The highest BCUT2D eigenvalue weighted by molar-refractivity contribution is 5.91. The second-order valence-corrected chi connectivity index (χ2v) is 4.30. The van der Waals surface area contributed by atoms with Gasteiger partial charge in [-0.05, 0) is 37.9 Å². The van der Waals surface area contributed by atoms with Gasteiger partial charge in [-0.1, -0.05) is 0 Å². The Bertz CT molecular complexity index is 437. The van der Waals surface area contributed by atoms with Gasteiger partial charge >= 0.3 is 5.88 Å². The second-order valence-electron chi connectivity index (χ2n) is 4.30. The number of carbonyl (C=O) groups excluding carboxylic acids is 1. The third-order valence-corrected chi connectivity index (χ3v) is 3.01. The Labute approximate surface area is 104 Å². The molecule has 98 valence electrons. The molecule has 1 aliphatic rings. The number of nitro groups is 1. The van der Waals surface area contributed by atoms with E-state index in [-0.39, 0.29) is 5.76 Å². The summed E-state index contributed by atoms with van der Waals surface area (Å²) in [5, 5.41) is 16.4. The van der Waals surface area contributed by atoms with Crippen molar-refractivity contribution in [1.29, 1.82) is 0 Å². The summed E-state index contributed by atoms with van der Waals surface area (Å²) >= 11 is 0. The van der Waals surface area contributed by atoms with Crippen molar-refractivity contribution in [2.24, 2.45) is 5.92 Å². The van der Waals surface area contributed by atoms with Crippen LogP contribution in [0.15, 0.2) is 16.5 Å². The fraction of sp³-hybridized carbons (Fsp3) is 0.545. The number of hydrogen-bond acceptors (Lipinski definition) is 5. The van der Waals surface area contributed by atoms with Crippen molar-refractivity contribution < 1.29 is 14.1 Å². The van der Waals surface area contributed by atoms with Gasteiger partial charge in [-0.3, -0.25) is 14.9 Å². The van der Waals surface area contributed by atoms with E-state index < -0.39 is 16.7 Å². The van der Waals surface area contributed by atoms with Gasteiger partial charge in [0.05, 0.1) is 6.07 Å². The molecule has 7 nitrogen and oxygen atoms in total. The van der Waals surface area contributed by atoms with Gasteiger partial charge in [0, 0.05) is 6.54 Å². The topological polar surface area (TPSA) is 97.4 Å². The fourth-order valence-corrected chi connectivity index (χ4v) is 1.96. The summed E-state index contributed by atoms with van der Waals surface area (Å²) in [7, 11) is 0. The third kappa shape index (κ3) is 3.07. The van der Waals surface area contributed by atoms with E-state index in [0.717, 1.165) is 25.9 Å². The Morgan fingerprint density at radius 2 is 2.22 bits per heavy atom. The van der Waals surface area contributed by atoms with Crippen molar-refractivity contribution in [1.82, 2.24) is 10.6 Å². The van der Waals surface area contributed by atoms with E-state index in [1.54, 1.807) is 0 Å². The molecule has 2 N–H and O–H groups in total. The van der Waals surface area contributed by atoms with Crippen molar-refractivity contribution in [3.05, 3.63) is 28.0 Å². The number of amides is 1. The van der Waals surface area contributed by atoms with E-state index >= 15 is 0 Å². The predicted octanol–water partition coefficient (Wildman–Crippen LogP) is 0.917. The predicted molar refractivity (Wildman–Crippen MR) is 63.3 cm³/mol. The van der Waals surface area contributed by atoms with Gasteiger partial charge < -0.3 is 15.1 Å². The average Bonchev–Trinajstić information content (AvgIpc) is 2.87. The first-order chi connectivity index (χ1) is 8.66. The number of furan rings is 1. The van der Waals surface area contributed by atoms with Gasteiger partial charge in [0.15, 0.2) is 5.76 Å². The second kappa shape index (κ2) is 5.63. The Hall–Kier alpha value is -1.89. The average molecular weight is 253 g/mol. The molecule has 0 atom stereocenters. The molecule has 7 heteroatoms. The molecule has 1 amide bonds. The molecule has 0 bridgehead atoms. The van der Waals surface area contributed by atoms with Crippen LogP contribution in [-0.2, 0) is 0 Å². The van der Waals surface area contributed by atoms with Crippen LogP contribution in [0.4, 0.5) is 5.88 Å². The van der Waals surface area contributed by atoms with Gasteiger partial charge in [-0.15, -0.1) is 0 Å². The van der Waals surface area contributed by atoms with E-state index in [2.05, 4.69) is 10.6 Å². The van der Waals surface area contributed by atoms with Gasteiger partial charge in [-0.2, -0.15) is 0 Å². The molecular formula is C11H15N3O4. The lowest BCUT2D eigenvalue weighted by Gasteiger charge is -2.22. The molecule has 0 radical (unpaired) electrons. The van der Waals surface area contributed by atoms with Crippen molar-refractivity contribution in [2.45, 2.75) is 12.8 Å². The molecule has 0 saturated carbocycles. The van der Waals surface area contributed by atoms with Gasteiger partial charge in [0.1, 0.15) is 4.92 Å². The van der Waals surface area contributed by atoms with Crippen LogP contribution in [-0.4, -0.2) is 30.5 Å². The largest absolute Gasteiger partial charge is 0.433 e. The zero-order valence-corrected chi connectivity index (χ0v) is 9.85. The van der Waals surface area contributed by atoms with Crippen LogP contribution in [0.2, 0.25) is 0 Å². The number of nitrogens with one attached hydrogen (secondary N) is 2. The molecule has 0 aromatic carbocycles. The van der Waals surface area contributed by atoms with Gasteiger partial charge in [-0.25, -0.2) is 0 Å². The quantitative estimate of drug-likeness (QED) is 0.614. The van der Waals surface area contributed by atoms with Crippen LogP contribution in [0.1, 0.15) is 23.4 Å². The molecule has 1 aromatic heterocycles.